The van der Waals surface area contributed by atoms with E-state index in [0.29, 0.717) is 0 Å². The normalized spacial score (nSPS) is 22.7. The Morgan fingerprint density at radius 3 is 2.40 bits per heavy atom. The highest BCUT2D eigenvalue weighted by atomic mass is 14.9. The average molecular weight is 140 g/mol. The van der Waals surface area contributed by atoms with Crippen LogP contribution in [0.4, 0.5) is 0 Å². The van der Waals surface area contributed by atoms with Crippen LogP contribution < -0.4 is 5.32 Å². The molecule has 1 N–H and O–H groups in total. The molecule has 1 rings (SSSR count). The topological polar surface area (TPSA) is 35.8 Å². The largest absolute Gasteiger partial charge is 0.302 e. The van der Waals surface area contributed by atoms with E-state index in [1.54, 1.807) is 0 Å². The lowest BCUT2D eigenvalue weighted by molar-refractivity contribution is 0.740. The van der Waals surface area contributed by atoms with E-state index in [1.165, 1.54) is 6.42 Å². The third-order valence-electron chi connectivity index (χ3n) is 1.22. The Morgan fingerprint density at radius 1 is 1.60 bits per heavy atom. The van der Waals surface area contributed by atoms with Gasteiger partial charge in [0.25, 0.3) is 0 Å². The summed E-state index contributed by atoms with van der Waals surface area (Å²) in [6.45, 7) is 5.28. The summed E-state index contributed by atoms with van der Waals surface area (Å²) in [6.07, 6.45) is 3.45. The van der Waals surface area contributed by atoms with Crippen LogP contribution in [0.25, 0.3) is 0 Å². The highest BCUT2D eigenvalue weighted by molar-refractivity contribution is 4.92. The molecule has 2 nitrogen and oxygen atoms in total. The summed E-state index contributed by atoms with van der Waals surface area (Å²) >= 11 is 0. The van der Waals surface area contributed by atoms with Gasteiger partial charge in [-0.1, -0.05) is 20.3 Å². The van der Waals surface area contributed by atoms with Crippen molar-refractivity contribution in [2.75, 3.05) is 6.54 Å². The summed E-state index contributed by atoms with van der Waals surface area (Å²) in [5, 5.41) is 11.3. The molecule has 1 aliphatic rings. The smallest absolute Gasteiger partial charge is 0.0953 e. The van der Waals surface area contributed by atoms with Crippen molar-refractivity contribution in [1.29, 1.82) is 5.26 Å². The van der Waals surface area contributed by atoms with Gasteiger partial charge in [0.05, 0.1) is 12.1 Å². The quantitative estimate of drug-likeness (QED) is 0.555. The first kappa shape index (κ1) is 9.45. The molecule has 0 aromatic rings. The van der Waals surface area contributed by atoms with Crippen molar-refractivity contribution in [2.45, 2.75) is 39.2 Å². The van der Waals surface area contributed by atoms with Crippen LogP contribution in [0.1, 0.15) is 33.1 Å². The molecule has 0 spiro atoms. The third kappa shape index (κ3) is 4.34. The fourth-order valence-corrected chi connectivity index (χ4v) is 0.795. The molecule has 0 aromatic heterocycles. The molecule has 2 heteroatoms. The maximum atomic E-state index is 8.25. The summed E-state index contributed by atoms with van der Waals surface area (Å²) in [5.41, 5.74) is 0. The minimum Gasteiger partial charge on any atom is -0.302 e. The van der Waals surface area contributed by atoms with Crippen molar-refractivity contribution >= 4 is 0 Å². The second-order valence-electron chi connectivity index (χ2n) is 2.49. The van der Waals surface area contributed by atoms with Crippen molar-refractivity contribution in [3.8, 4) is 6.07 Å². The minimum absolute atomic E-state index is 0.153. The molecule has 1 aliphatic heterocycles. The van der Waals surface area contributed by atoms with Gasteiger partial charge in [0.15, 0.2) is 0 Å². The molecule has 0 aliphatic carbocycles. The molecule has 0 aromatic carbocycles. The van der Waals surface area contributed by atoms with Gasteiger partial charge in [-0.2, -0.15) is 5.26 Å². The van der Waals surface area contributed by atoms with Crippen molar-refractivity contribution in [2.24, 2.45) is 0 Å². The molecule has 1 atom stereocenters. The summed E-state index contributed by atoms with van der Waals surface area (Å²) in [4.78, 5) is 0. The Balaban J connectivity index is 0.000000236. The number of hydrogen-bond acceptors (Lipinski definition) is 2. The second kappa shape index (κ2) is 6.57. The van der Waals surface area contributed by atoms with Crippen molar-refractivity contribution in [3.63, 3.8) is 0 Å². The van der Waals surface area contributed by atoms with Gasteiger partial charge >= 0.3 is 0 Å². The SMILES string of the molecule is CCC.N#CC1CCCN1. The fourth-order valence-electron chi connectivity index (χ4n) is 0.795. The number of hydrogen-bond donors (Lipinski definition) is 1. The molecule has 1 heterocycles. The molecular weight excluding hydrogens is 124 g/mol. The number of nitrogens with zero attached hydrogens (tertiary/aromatic N) is 1. The molecule has 1 saturated heterocycles. The van der Waals surface area contributed by atoms with Crippen LogP contribution in [0.3, 0.4) is 0 Å². The molecule has 1 unspecified atom stereocenters. The van der Waals surface area contributed by atoms with Crippen molar-refractivity contribution in [3.05, 3.63) is 0 Å². The van der Waals surface area contributed by atoms with Crippen molar-refractivity contribution < 1.29 is 0 Å². The zero-order valence-electron chi connectivity index (χ0n) is 6.85. The van der Waals surface area contributed by atoms with Crippen molar-refractivity contribution in [1.82, 2.24) is 5.32 Å². The molecule has 58 valence electrons. The van der Waals surface area contributed by atoms with Crippen LogP contribution in [0.15, 0.2) is 0 Å². The maximum Gasteiger partial charge on any atom is 0.0953 e. The van der Waals surface area contributed by atoms with Gasteiger partial charge in [-0.05, 0) is 19.4 Å². The predicted molar refractivity (Wildman–Crippen MR) is 42.6 cm³/mol. The van der Waals surface area contributed by atoms with E-state index in [9.17, 15) is 0 Å². The summed E-state index contributed by atoms with van der Waals surface area (Å²) in [6, 6.07) is 2.31. The van der Waals surface area contributed by atoms with Crippen LogP contribution in [0.2, 0.25) is 0 Å². The van der Waals surface area contributed by atoms with E-state index in [1.807, 2.05) is 0 Å². The summed E-state index contributed by atoms with van der Waals surface area (Å²) in [7, 11) is 0. The van der Waals surface area contributed by atoms with Gasteiger partial charge in [-0.25, -0.2) is 0 Å². The first-order valence-electron chi connectivity index (χ1n) is 3.98. The minimum atomic E-state index is 0.153. The Hall–Kier alpha value is -0.550. The van der Waals surface area contributed by atoms with E-state index < -0.39 is 0 Å². The van der Waals surface area contributed by atoms with Gasteiger partial charge < -0.3 is 5.32 Å². The van der Waals surface area contributed by atoms with E-state index in [4.69, 9.17) is 5.26 Å². The Morgan fingerprint density at radius 2 is 2.20 bits per heavy atom. The Labute approximate surface area is 63.2 Å². The number of rotatable bonds is 0. The van der Waals surface area contributed by atoms with Gasteiger partial charge in [0.2, 0.25) is 0 Å². The summed E-state index contributed by atoms with van der Waals surface area (Å²) in [5.74, 6) is 0. The van der Waals surface area contributed by atoms with E-state index in [-0.39, 0.29) is 6.04 Å². The molecule has 0 saturated carbocycles. The van der Waals surface area contributed by atoms with E-state index in [2.05, 4.69) is 25.2 Å². The number of nitriles is 1. The lowest BCUT2D eigenvalue weighted by atomic mass is 10.2. The molecule has 10 heavy (non-hydrogen) atoms. The molecular formula is C8H16N2. The van der Waals surface area contributed by atoms with E-state index in [0.717, 1.165) is 19.4 Å². The molecule has 1 fully saturated rings. The van der Waals surface area contributed by atoms with Crippen LogP contribution in [-0.2, 0) is 0 Å². The maximum absolute atomic E-state index is 8.25. The van der Waals surface area contributed by atoms with Gasteiger partial charge in [-0.15, -0.1) is 0 Å². The van der Waals surface area contributed by atoms with Gasteiger partial charge in [0.1, 0.15) is 0 Å². The lowest BCUT2D eigenvalue weighted by Crippen LogP contribution is -2.18. The van der Waals surface area contributed by atoms with Gasteiger partial charge in [0, 0.05) is 0 Å². The third-order valence-corrected chi connectivity index (χ3v) is 1.22. The van der Waals surface area contributed by atoms with Crippen LogP contribution >= 0.6 is 0 Å². The average Bonchev–Trinajstić information content (AvgIpc) is 2.39. The Bertz CT molecular complexity index is 98.3. The Kier molecular flexibility index (Phi) is 6.21. The highest BCUT2D eigenvalue weighted by Gasteiger charge is 2.10. The second-order valence-corrected chi connectivity index (χ2v) is 2.49. The fraction of sp³-hybridized carbons (Fsp3) is 0.875. The first-order chi connectivity index (χ1) is 4.85. The molecule has 0 radical (unpaired) electrons. The van der Waals surface area contributed by atoms with E-state index >= 15 is 0 Å². The van der Waals surface area contributed by atoms with Crippen LogP contribution in [0.5, 0.6) is 0 Å². The highest BCUT2D eigenvalue weighted by Crippen LogP contribution is 2.01. The number of nitrogens with one attached hydrogen (secondary N) is 1. The zero-order valence-corrected chi connectivity index (χ0v) is 6.85. The lowest BCUT2D eigenvalue weighted by Gasteiger charge is -1.91. The predicted octanol–water partition coefficient (Wildman–Crippen LogP) is 1.68. The monoisotopic (exact) mass is 140 g/mol. The standard InChI is InChI=1S/C5H8N2.C3H8/c6-4-5-2-1-3-7-5;1-3-2/h5,7H,1-3H2;3H2,1-2H3. The van der Waals surface area contributed by atoms with Gasteiger partial charge in [-0.3, -0.25) is 0 Å². The first-order valence-corrected chi connectivity index (χ1v) is 3.98. The zero-order chi connectivity index (χ0) is 7.82. The summed E-state index contributed by atoms with van der Waals surface area (Å²) < 4.78 is 0. The van der Waals surface area contributed by atoms with Crippen LogP contribution in [0, 0.1) is 11.3 Å². The molecule has 0 amide bonds. The molecule has 0 bridgehead atoms. The van der Waals surface area contributed by atoms with Crippen LogP contribution in [-0.4, -0.2) is 12.6 Å².